The Bertz CT molecular complexity index is 893. The lowest BCUT2D eigenvalue weighted by Crippen LogP contribution is -2.45. The van der Waals surface area contributed by atoms with Gasteiger partial charge in [-0.1, -0.05) is 24.3 Å². The number of aliphatic imine (C=N–C) groups is 1. The van der Waals surface area contributed by atoms with E-state index in [1.807, 2.05) is 24.4 Å². The lowest BCUT2D eigenvalue weighted by Gasteiger charge is -2.34. The molecule has 1 aliphatic heterocycles. The maximum atomic E-state index is 14.3. The van der Waals surface area contributed by atoms with Gasteiger partial charge in [0.05, 0.1) is 0 Å². The number of rotatable bonds is 6. The Kier molecular flexibility index (Phi) is 8.10. The average Bonchev–Trinajstić information content (AvgIpc) is 3.56. The van der Waals surface area contributed by atoms with Gasteiger partial charge in [0, 0.05) is 63.5 Å². The topological polar surface area (TPSA) is 55.8 Å². The number of hydrogen-bond donors (Lipinski definition) is 2. The number of nitrogens with zero attached hydrogens (tertiary/aromatic N) is 4. The SMILES string of the molecule is CN=C(NCc1cccnc1N1CCN(C)CC1)NCC1(c2ccccc2F)CC1.I. The number of anilines is 1. The van der Waals surface area contributed by atoms with Crippen molar-refractivity contribution in [3.63, 3.8) is 0 Å². The predicted octanol–water partition coefficient (Wildman–Crippen LogP) is 2.99. The number of aromatic nitrogens is 1. The maximum Gasteiger partial charge on any atom is 0.191 e. The summed E-state index contributed by atoms with van der Waals surface area (Å²) in [4.78, 5) is 13.7. The van der Waals surface area contributed by atoms with Crippen LogP contribution in [0.4, 0.5) is 10.2 Å². The molecule has 1 saturated heterocycles. The van der Waals surface area contributed by atoms with Gasteiger partial charge in [-0.15, -0.1) is 24.0 Å². The minimum atomic E-state index is -0.123. The number of piperazine rings is 1. The number of benzene rings is 1. The molecular weight excluding hydrogens is 506 g/mol. The number of likely N-dealkylation sites (N-methyl/N-ethyl adjacent to an activating group) is 1. The Hall–Kier alpha value is -1.94. The second-order valence-corrected chi connectivity index (χ2v) is 8.32. The molecule has 0 spiro atoms. The molecule has 1 aliphatic carbocycles. The van der Waals surface area contributed by atoms with Crippen LogP contribution in [0.2, 0.25) is 0 Å². The van der Waals surface area contributed by atoms with Crippen LogP contribution in [0.3, 0.4) is 0 Å². The Morgan fingerprint density at radius 3 is 2.52 bits per heavy atom. The number of nitrogens with one attached hydrogen (secondary N) is 2. The van der Waals surface area contributed by atoms with Crippen molar-refractivity contribution < 1.29 is 4.39 Å². The summed E-state index contributed by atoms with van der Waals surface area (Å²) < 4.78 is 14.3. The monoisotopic (exact) mass is 538 g/mol. The van der Waals surface area contributed by atoms with E-state index < -0.39 is 0 Å². The van der Waals surface area contributed by atoms with E-state index in [4.69, 9.17) is 0 Å². The summed E-state index contributed by atoms with van der Waals surface area (Å²) in [5.74, 6) is 1.65. The Labute approximate surface area is 201 Å². The highest BCUT2D eigenvalue weighted by Gasteiger charge is 2.45. The molecule has 1 saturated carbocycles. The molecule has 31 heavy (non-hydrogen) atoms. The third-order valence-electron chi connectivity index (χ3n) is 6.23. The lowest BCUT2D eigenvalue weighted by molar-refractivity contribution is 0.312. The third kappa shape index (κ3) is 5.65. The van der Waals surface area contributed by atoms with E-state index in [9.17, 15) is 4.39 Å². The molecule has 0 atom stereocenters. The molecule has 2 N–H and O–H groups in total. The minimum absolute atomic E-state index is 0. The van der Waals surface area contributed by atoms with Gasteiger partial charge in [0.15, 0.2) is 5.96 Å². The van der Waals surface area contributed by atoms with Gasteiger partial charge in [-0.25, -0.2) is 9.37 Å². The molecule has 168 valence electrons. The number of halogens is 2. The molecule has 6 nitrogen and oxygen atoms in total. The molecule has 4 rings (SSSR count). The van der Waals surface area contributed by atoms with Crippen molar-refractivity contribution in [2.24, 2.45) is 4.99 Å². The zero-order valence-corrected chi connectivity index (χ0v) is 20.6. The molecule has 0 amide bonds. The highest BCUT2D eigenvalue weighted by Crippen LogP contribution is 2.48. The van der Waals surface area contributed by atoms with Crippen molar-refractivity contribution in [1.82, 2.24) is 20.5 Å². The van der Waals surface area contributed by atoms with E-state index in [0.29, 0.717) is 13.1 Å². The van der Waals surface area contributed by atoms with E-state index >= 15 is 0 Å². The van der Waals surface area contributed by atoms with Crippen LogP contribution < -0.4 is 15.5 Å². The first-order chi connectivity index (χ1) is 14.6. The molecule has 2 fully saturated rings. The quantitative estimate of drug-likeness (QED) is 0.337. The highest BCUT2D eigenvalue weighted by molar-refractivity contribution is 14.0. The standard InChI is InChI=1S/C23H31FN6.HI/c1-25-22(28-17-23(9-10-23)19-7-3-4-8-20(19)24)27-16-18-6-5-11-26-21(18)30-14-12-29(2)13-15-30;/h3-8,11H,9-10,12-17H2,1-2H3,(H2,25,27,28);1H. The fraction of sp³-hybridized carbons (Fsp3) is 0.478. The molecule has 1 aromatic carbocycles. The predicted molar refractivity (Wildman–Crippen MR) is 135 cm³/mol. The zero-order chi connectivity index (χ0) is 21.0. The van der Waals surface area contributed by atoms with Gasteiger partial charge in [-0.2, -0.15) is 0 Å². The van der Waals surface area contributed by atoms with Gasteiger partial charge in [0.2, 0.25) is 0 Å². The minimum Gasteiger partial charge on any atom is -0.356 e. The summed E-state index contributed by atoms with van der Waals surface area (Å²) in [5.41, 5.74) is 1.83. The molecular formula is C23H32FIN6. The van der Waals surface area contributed by atoms with Gasteiger partial charge in [-0.3, -0.25) is 4.99 Å². The van der Waals surface area contributed by atoms with E-state index in [1.165, 1.54) is 0 Å². The molecule has 2 aromatic rings. The lowest BCUT2D eigenvalue weighted by atomic mass is 9.95. The first-order valence-corrected chi connectivity index (χ1v) is 10.7. The molecule has 1 aromatic heterocycles. The normalized spacial score (nSPS) is 18.3. The van der Waals surface area contributed by atoms with Crippen LogP contribution in [0.15, 0.2) is 47.6 Å². The zero-order valence-electron chi connectivity index (χ0n) is 18.3. The van der Waals surface area contributed by atoms with Crippen LogP contribution >= 0.6 is 24.0 Å². The third-order valence-corrected chi connectivity index (χ3v) is 6.23. The molecule has 0 radical (unpaired) electrons. The second kappa shape index (κ2) is 10.6. The fourth-order valence-corrected chi connectivity index (χ4v) is 4.11. The first-order valence-electron chi connectivity index (χ1n) is 10.7. The largest absolute Gasteiger partial charge is 0.356 e. The van der Waals surface area contributed by atoms with Gasteiger partial charge in [0.1, 0.15) is 11.6 Å². The Morgan fingerprint density at radius 2 is 1.84 bits per heavy atom. The smallest absolute Gasteiger partial charge is 0.191 e. The second-order valence-electron chi connectivity index (χ2n) is 8.32. The molecule has 2 heterocycles. The van der Waals surface area contributed by atoms with Crippen molar-refractivity contribution in [1.29, 1.82) is 0 Å². The van der Waals surface area contributed by atoms with Crippen LogP contribution in [0.1, 0.15) is 24.0 Å². The number of hydrogen-bond acceptors (Lipinski definition) is 4. The van der Waals surface area contributed by atoms with Crippen molar-refractivity contribution >= 4 is 35.8 Å². The summed E-state index contributed by atoms with van der Waals surface area (Å²) in [7, 11) is 3.92. The molecule has 0 bridgehead atoms. The molecule has 2 aliphatic rings. The van der Waals surface area contributed by atoms with Crippen LogP contribution in [-0.4, -0.2) is 62.7 Å². The van der Waals surface area contributed by atoms with Crippen LogP contribution in [0, 0.1) is 5.82 Å². The number of pyridine rings is 1. The molecule has 0 unspecified atom stereocenters. The first kappa shape index (κ1) is 23.7. The van der Waals surface area contributed by atoms with Gasteiger partial charge < -0.3 is 20.4 Å². The van der Waals surface area contributed by atoms with Crippen molar-refractivity contribution in [3.8, 4) is 0 Å². The van der Waals surface area contributed by atoms with Crippen LogP contribution in [0.25, 0.3) is 0 Å². The highest BCUT2D eigenvalue weighted by atomic mass is 127. The van der Waals surface area contributed by atoms with Crippen molar-refractivity contribution in [2.45, 2.75) is 24.8 Å². The van der Waals surface area contributed by atoms with Gasteiger partial charge in [0.25, 0.3) is 0 Å². The van der Waals surface area contributed by atoms with Crippen LogP contribution in [-0.2, 0) is 12.0 Å². The summed E-state index contributed by atoms with van der Waals surface area (Å²) in [5, 5.41) is 6.81. The Morgan fingerprint density at radius 1 is 1.10 bits per heavy atom. The number of guanidine groups is 1. The fourth-order valence-electron chi connectivity index (χ4n) is 4.11. The van der Waals surface area contributed by atoms with Crippen molar-refractivity contribution in [3.05, 3.63) is 59.5 Å². The van der Waals surface area contributed by atoms with E-state index in [1.54, 1.807) is 19.2 Å². The summed E-state index contributed by atoms with van der Waals surface area (Å²) in [6, 6.07) is 11.2. The van der Waals surface area contributed by atoms with Crippen LogP contribution in [0.5, 0.6) is 0 Å². The molecule has 8 heteroatoms. The van der Waals surface area contributed by atoms with Gasteiger partial charge in [-0.05, 0) is 37.6 Å². The van der Waals surface area contributed by atoms with E-state index in [0.717, 1.165) is 61.9 Å². The summed E-state index contributed by atoms with van der Waals surface area (Å²) >= 11 is 0. The summed E-state index contributed by atoms with van der Waals surface area (Å²) in [6.07, 6.45) is 3.84. The average molecular weight is 538 g/mol. The van der Waals surface area contributed by atoms with E-state index in [2.05, 4.69) is 43.5 Å². The van der Waals surface area contributed by atoms with Crippen molar-refractivity contribution in [2.75, 3.05) is 51.7 Å². The maximum absolute atomic E-state index is 14.3. The summed E-state index contributed by atoms with van der Waals surface area (Å²) in [6.45, 7) is 5.38. The Balaban J connectivity index is 0.00000272. The van der Waals surface area contributed by atoms with Gasteiger partial charge >= 0.3 is 0 Å². The van der Waals surface area contributed by atoms with E-state index in [-0.39, 0.29) is 35.2 Å².